The molecule has 3 rings (SSSR count). The van der Waals surface area contributed by atoms with Gasteiger partial charge in [0, 0.05) is 17.3 Å². The van der Waals surface area contributed by atoms with E-state index in [1.807, 2.05) is 79.1 Å². The topological polar surface area (TPSA) is 71.6 Å². The zero-order chi connectivity index (χ0) is 17.5. The molecule has 2 N–H and O–H groups in total. The molecule has 0 unspecified atom stereocenters. The first kappa shape index (κ1) is 16.1. The molecule has 0 saturated heterocycles. The summed E-state index contributed by atoms with van der Waals surface area (Å²) in [7, 11) is 0. The lowest BCUT2D eigenvalue weighted by atomic mass is 9.85. The van der Waals surface area contributed by atoms with E-state index in [-0.39, 0.29) is 5.92 Å². The second-order valence-electron chi connectivity index (χ2n) is 5.56. The Balaban J connectivity index is 2.01. The quantitative estimate of drug-likeness (QED) is 0.407. The number of hydrogen-bond acceptors (Lipinski definition) is 4. The van der Waals surface area contributed by atoms with E-state index in [4.69, 9.17) is 10.5 Å². The highest BCUT2D eigenvalue weighted by Gasteiger charge is 2.16. The van der Waals surface area contributed by atoms with Crippen LogP contribution in [0.15, 0.2) is 78.9 Å². The van der Waals surface area contributed by atoms with Crippen LogP contribution in [0.25, 0.3) is 0 Å². The number of nitriles is 2. The van der Waals surface area contributed by atoms with Crippen LogP contribution >= 0.6 is 0 Å². The first-order valence-electron chi connectivity index (χ1n) is 7.87. The average molecular weight is 324 g/mol. The summed E-state index contributed by atoms with van der Waals surface area (Å²) in [6.07, 6.45) is 3.86. The molecule has 0 bridgehead atoms. The molecule has 4 nitrogen and oxygen atoms in total. The fourth-order valence-corrected chi connectivity index (χ4v) is 2.87. The van der Waals surface area contributed by atoms with Gasteiger partial charge in [-0.3, -0.25) is 10.6 Å². The molecule has 4 heteroatoms. The third-order valence-electron chi connectivity index (χ3n) is 4.02. The molecule has 0 aliphatic heterocycles. The van der Waals surface area contributed by atoms with Crippen molar-refractivity contribution in [1.82, 2.24) is 0 Å². The van der Waals surface area contributed by atoms with Crippen molar-refractivity contribution >= 4 is 11.4 Å². The second kappa shape index (κ2) is 7.68. The Morgan fingerprint density at radius 2 is 0.960 bits per heavy atom. The smallest absolute Gasteiger partial charge is 0.181 e. The van der Waals surface area contributed by atoms with Crippen molar-refractivity contribution < 1.29 is 0 Å². The number of nitrogens with zero attached hydrogens (tertiary/aromatic N) is 2. The van der Waals surface area contributed by atoms with E-state index in [0.717, 1.165) is 22.5 Å². The first-order chi connectivity index (χ1) is 12.3. The molecule has 25 heavy (non-hydrogen) atoms. The van der Waals surface area contributed by atoms with E-state index in [1.54, 1.807) is 0 Å². The van der Waals surface area contributed by atoms with Crippen LogP contribution in [0, 0.1) is 22.9 Å². The van der Waals surface area contributed by atoms with Gasteiger partial charge in [0.25, 0.3) is 0 Å². The summed E-state index contributed by atoms with van der Waals surface area (Å²) in [5.74, 6) is 0.0773. The summed E-state index contributed by atoms with van der Waals surface area (Å²) in [6.45, 7) is 0. The van der Waals surface area contributed by atoms with Gasteiger partial charge in [0.15, 0.2) is 12.4 Å². The van der Waals surface area contributed by atoms with Gasteiger partial charge < -0.3 is 0 Å². The van der Waals surface area contributed by atoms with Crippen molar-refractivity contribution in [2.45, 2.75) is 5.92 Å². The van der Waals surface area contributed by atoms with Gasteiger partial charge in [-0.1, -0.05) is 54.6 Å². The highest BCUT2D eigenvalue weighted by molar-refractivity contribution is 5.54. The summed E-state index contributed by atoms with van der Waals surface area (Å²) in [4.78, 5) is 0. The summed E-state index contributed by atoms with van der Waals surface area (Å²) in [5, 5.41) is 22.8. The molecule has 0 aliphatic rings. The van der Waals surface area contributed by atoms with Crippen LogP contribution in [0.1, 0.15) is 22.6 Å². The molecular formula is C21H16N4. The highest BCUT2D eigenvalue weighted by atomic mass is 14.9. The Morgan fingerprint density at radius 1 is 0.560 bits per heavy atom. The maximum absolute atomic E-state index is 8.73. The summed E-state index contributed by atoms with van der Waals surface area (Å²) < 4.78 is 0. The van der Waals surface area contributed by atoms with E-state index < -0.39 is 0 Å². The number of rotatable bonds is 5. The molecular weight excluding hydrogens is 308 g/mol. The van der Waals surface area contributed by atoms with Gasteiger partial charge in [0.2, 0.25) is 0 Å². The summed E-state index contributed by atoms with van der Waals surface area (Å²) >= 11 is 0. The van der Waals surface area contributed by atoms with Crippen LogP contribution in [0.4, 0.5) is 11.4 Å². The maximum Gasteiger partial charge on any atom is 0.181 e. The molecule has 3 aromatic rings. The number of nitrogens with one attached hydrogen (secondary N) is 2. The minimum atomic E-state index is 0.0773. The van der Waals surface area contributed by atoms with Crippen molar-refractivity contribution in [3.63, 3.8) is 0 Å². The Morgan fingerprint density at radius 3 is 1.36 bits per heavy atom. The van der Waals surface area contributed by atoms with E-state index >= 15 is 0 Å². The van der Waals surface area contributed by atoms with E-state index in [1.165, 1.54) is 5.56 Å². The van der Waals surface area contributed by atoms with E-state index in [2.05, 4.69) is 22.8 Å². The molecule has 0 spiro atoms. The predicted molar refractivity (Wildman–Crippen MR) is 98.7 cm³/mol. The van der Waals surface area contributed by atoms with Gasteiger partial charge in [0.1, 0.15) is 0 Å². The Kier molecular flexibility index (Phi) is 4.95. The molecule has 0 radical (unpaired) electrons. The summed E-state index contributed by atoms with van der Waals surface area (Å²) in [6, 6.07) is 26.0. The lowest BCUT2D eigenvalue weighted by Crippen LogP contribution is -2.03. The van der Waals surface area contributed by atoms with Crippen molar-refractivity contribution in [2.75, 3.05) is 10.6 Å². The molecule has 0 fully saturated rings. The van der Waals surface area contributed by atoms with Crippen LogP contribution < -0.4 is 10.6 Å². The summed E-state index contributed by atoms with van der Waals surface area (Å²) in [5.41, 5.74) is 4.99. The molecule has 0 amide bonds. The van der Waals surface area contributed by atoms with Gasteiger partial charge in [-0.15, -0.1) is 0 Å². The Labute approximate surface area is 147 Å². The standard InChI is InChI=1S/C21H16N4/c22-14-24-19-10-6-17(7-11-19)21(16-4-2-1-3-5-16)18-8-12-20(13-9-18)25-15-23/h1-13,21,24-25H. The van der Waals surface area contributed by atoms with Gasteiger partial charge in [-0.2, -0.15) is 10.5 Å². The highest BCUT2D eigenvalue weighted by Crippen LogP contribution is 2.33. The molecule has 120 valence electrons. The number of hydrogen-bond donors (Lipinski definition) is 2. The van der Waals surface area contributed by atoms with Gasteiger partial charge in [-0.05, 0) is 41.0 Å². The first-order valence-corrected chi connectivity index (χ1v) is 7.87. The van der Waals surface area contributed by atoms with Crippen molar-refractivity contribution in [2.24, 2.45) is 0 Å². The largest absolute Gasteiger partial charge is 0.293 e. The Bertz CT molecular complexity index is 842. The van der Waals surface area contributed by atoms with Crippen LogP contribution in [-0.2, 0) is 0 Å². The normalized spacial score (nSPS) is 9.88. The van der Waals surface area contributed by atoms with Crippen LogP contribution in [0.5, 0.6) is 0 Å². The average Bonchev–Trinajstić information content (AvgIpc) is 2.66. The number of benzene rings is 3. The number of anilines is 2. The Hall–Kier alpha value is -3.76. The van der Waals surface area contributed by atoms with Crippen LogP contribution in [0.3, 0.4) is 0 Å². The lowest BCUT2D eigenvalue weighted by molar-refractivity contribution is 0.978. The zero-order valence-corrected chi connectivity index (χ0v) is 13.5. The minimum Gasteiger partial charge on any atom is -0.293 e. The van der Waals surface area contributed by atoms with Crippen molar-refractivity contribution in [3.8, 4) is 12.4 Å². The van der Waals surface area contributed by atoms with E-state index in [9.17, 15) is 0 Å². The van der Waals surface area contributed by atoms with Gasteiger partial charge in [-0.25, -0.2) is 0 Å². The predicted octanol–water partition coefficient (Wildman–Crippen LogP) is 4.65. The third-order valence-corrected chi connectivity index (χ3v) is 4.02. The maximum atomic E-state index is 8.73. The minimum absolute atomic E-state index is 0.0773. The third kappa shape index (κ3) is 3.77. The molecule has 3 aromatic carbocycles. The molecule has 0 heterocycles. The lowest BCUT2D eigenvalue weighted by Gasteiger charge is -2.19. The SMILES string of the molecule is N#CNc1ccc(C(c2ccccc2)c2ccc(NC#N)cc2)cc1. The van der Waals surface area contributed by atoms with Gasteiger partial charge in [0.05, 0.1) is 0 Å². The van der Waals surface area contributed by atoms with Crippen LogP contribution in [-0.4, -0.2) is 0 Å². The van der Waals surface area contributed by atoms with Crippen LogP contribution in [0.2, 0.25) is 0 Å². The monoisotopic (exact) mass is 324 g/mol. The zero-order valence-electron chi connectivity index (χ0n) is 13.5. The van der Waals surface area contributed by atoms with Crippen molar-refractivity contribution in [1.29, 1.82) is 10.5 Å². The second-order valence-corrected chi connectivity index (χ2v) is 5.56. The fourth-order valence-electron chi connectivity index (χ4n) is 2.87. The van der Waals surface area contributed by atoms with Gasteiger partial charge >= 0.3 is 0 Å². The van der Waals surface area contributed by atoms with Crippen molar-refractivity contribution in [3.05, 3.63) is 95.6 Å². The van der Waals surface area contributed by atoms with E-state index in [0.29, 0.717) is 0 Å². The molecule has 0 atom stereocenters. The fraction of sp³-hybridized carbons (Fsp3) is 0.0476. The molecule has 0 aromatic heterocycles. The molecule has 0 aliphatic carbocycles. The molecule has 0 saturated carbocycles.